The minimum absolute atomic E-state index is 0.144. The Bertz CT molecular complexity index is 417. The largest absolute Gasteiger partial charge is 0.329 e. The van der Waals surface area contributed by atoms with Crippen LogP contribution in [0.5, 0.6) is 0 Å². The Morgan fingerprint density at radius 2 is 1.88 bits per heavy atom. The maximum Gasteiger partial charge on any atom is 0.214 e. The fourth-order valence-electron chi connectivity index (χ4n) is 1.66. The minimum Gasteiger partial charge on any atom is -0.329 e. The fourth-order valence-corrected chi connectivity index (χ4v) is 3.19. The van der Waals surface area contributed by atoms with Crippen LogP contribution < -0.4 is 5.73 Å². The van der Waals surface area contributed by atoms with Crippen LogP contribution in [-0.2, 0) is 16.4 Å². The van der Waals surface area contributed by atoms with Crippen LogP contribution in [0.1, 0.15) is 12.5 Å². The highest BCUT2D eigenvalue weighted by Crippen LogP contribution is 2.06. The second-order valence-corrected chi connectivity index (χ2v) is 5.92. The number of hydrogen-bond acceptors (Lipinski definition) is 3. The van der Waals surface area contributed by atoms with Crippen LogP contribution in [0.3, 0.4) is 0 Å². The van der Waals surface area contributed by atoms with Crippen LogP contribution in [0.25, 0.3) is 0 Å². The Morgan fingerprint density at radius 1 is 1.24 bits per heavy atom. The van der Waals surface area contributed by atoms with E-state index in [1.807, 2.05) is 37.3 Å². The Hall–Kier alpha value is -0.910. The molecule has 0 saturated carbocycles. The Morgan fingerprint density at radius 3 is 2.41 bits per heavy atom. The lowest BCUT2D eigenvalue weighted by atomic mass is 10.2. The van der Waals surface area contributed by atoms with Gasteiger partial charge in [-0.25, -0.2) is 12.7 Å². The number of hydrogen-bond donors (Lipinski definition) is 1. The van der Waals surface area contributed by atoms with Gasteiger partial charge >= 0.3 is 0 Å². The molecule has 5 heteroatoms. The third kappa shape index (κ3) is 4.46. The Kier molecular flexibility index (Phi) is 5.61. The van der Waals surface area contributed by atoms with Crippen molar-refractivity contribution in [3.05, 3.63) is 35.9 Å². The lowest BCUT2D eigenvalue weighted by molar-refractivity contribution is 0.435. The predicted octanol–water partition coefficient (Wildman–Crippen LogP) is 0.840. The van der Waals surface area contributed by atoms with Gasteiger partial charge in [0, 0.05) is 19.6 Å². The number of sulfonamides is 1. The first kappa shape index (κ1) is 14.2. The molecule has 0 heterocycles. The molecule has 0 unspecified atom stereocenters. The summed E-state index contributed by atoms with van der Waals surface area (Å²) in [5, 5.41) is 0. The van der Waals surface area contributed by atoms with Crippen molar-refractivity contribution in [2.75, 3.05) is 25.4 Å². The SMILES string of the molecule is CCN(CCN)S(=O)(=O)CCc1ccccc1. The molecule has 0 aromatic heterocycles. The van der Waals surface area contributed by atoms with Gasteiger partial charge in [0.05, 0.1) is 5.75 Å². The van der Waals surface area contributed by atoms with Gasteiger partial charge in [-0.2, -0.15) is 0 Å². The van der Waals surface area contributed by atoms with E-state index in [-0.39, 0.29) is 5.75 Å². The molecule has 0 saturated heterocycles. The smallest absolute Gasteiger partial charge is 0.214 e. The summed E-state index contributed by atoms with van der Waals surface area (Å²) < 4.78 is 25.4. The number of nitrogens with zero attached hydrogens (tertiary/aromatic N) is 1. The van der Waals surface area contributed by atoms with Crippen molar-refractivity contribution in [3.8, 4) is 0 Å². The van der Waals surface area contributed by atoms with Crippen LogP contribution in [-0.4, -0.2) is 38.1 Å². The van der Waals surface area contributed by atoms with Crippen LogP contribution in [0.2, 0.25) is 0 Å². The van der Waals surface area contributed by atoms with E-state index in [4.69, 9.17) is 5.73 Å². The molecule has 2 N–H and O–H groups in total. The standard InChI is InChI=1S/C12H20N2O2S/c1-2-14(10-9-13)17(15,16)11-8-12-6-4-3-5-7-12/h3-7H,2,8-11,13H2,1H3. The average Bonchev–Trinajstić information content (AvgIpc) is 2.34. The molecule has 17 heavy (non-hydrogen) atoms. The number of aryl methyl sites for hydroxylation is 1. The molecule has 0 aliphatic rings. The highest BCUT2D eigenvalue weighted by molar-refractivity contribution is 7.89. The predicted molar refractivity (Wildman–Crippen MR) is 70.2 cm³/mol. The summed E-state index contributed by atoms with van der Waals surface area (Å²) in [6.45, 7) is 3.07. The molecule has 0 atom stereocenters. The first-order valence-electron chi connectivity index (χ1n) is 5.82. The van der Waals surface area contributed by atoms with Crippen LogP contribution in [0, 0.1) is 0 Å². The zero-order chi connectivity index (χ0) is 12.7. The van der Waals surface area contributed by atoms with Crippen LogP contribution in [0.15, 0.2) is 30.3 Å². The average molecular weight is 256 g/mol. The van der Waals surface area contributed by atoms with E-state index in [1.165, 1.54) is 4.31 Å². The Balaban J connectivity index is 2.60. The van der Waals surface area contributed by atoms with Gasteiger partial charge in [0.2, 0.25) is 10.0 Å². The lowest BCUT2D eigenvalue weighted by Gasteiger charge is -2.19. The molecule has 0 amide bonds. The van der Waals surface area contributed by atoms with E-state index in [9.17, 15) is 8.42 Å². The molecule has 0 fully saturated rings. The molecule has 96 valence electrons. The molecule has 0 radical (unpaired) electrons. The van der Waals surface area contributed by atoms with Crippen molar-refractivity contribution >= 4 is 10.0 Å². The highest BCUT2D eigenvalue weighted by Gasteiger charge is 2.19. The molecule has 0 aliphatic carbocycles. The van der Waals surface area contributed by atoms with E-state index in [0.717, 1.165) is 5.56 Å². The first-order valence-corrected chi connectivity index (χ1v) is 7.43. The van der Waals surface area contributed by atoms with E-state index < -0.39 is 10.0 Å². The third-order valence-electron chi connectivity index (χ3n) is 2.62. The van der Waals surface area contributed by atoms with Gasteiger partial charge in [-0.15, -0.1) is 0 Å². The van der Waals surface area contributed by atoms with Gasteiger partial charge in [-0.1, -0.05) is 37.3 Å². The van der Waals surface area contributed by atoms with Crippen molar-refractivity contribution in [3.63, 3.8) is 0 Å². The summed E-state index contributed by atoms with van der Waals surface area (Å²) in [5.74, 6) is 0.144. The van der Waals surface area contributed by atoms with Gasteiger partial charge in [-0.3, -0.25) is 0 Å². The van der Waals surface area contributed by atoms with Crippen molar-refractivity contribution in [2.45, 2.75) is 13.3 Å². The van der Waals surface area contributed by atoms with Gasteiger partial charge < -0.3 is 5.73 Å². The summed E-state index contributed by atoms with van der Waals surface area (Å²) in [5.41, 5.74) is 6.44. The topological polar surface area (TPSA) is 63.4 Å². The fraction of sp³-hybridized carbons (Fsp3) is 0.500. The van der Waals surface area contributed by atoms with Gasteiger partial charge in [0.1, 0.15) is 0 Å². The number of rotatable bonds is 7. The monoisotopic (exact) mass is 256 g/mol. The number of nitrogens with two attached hydrogens (primary N) is 1. The van der Waals surface area contributed by atoms with Gasteiger partial charge in [0.15, 0.2) is 0 Å². The molecule has 4 nitrogen and oxygen atoms in total. The summed E-state index contributed by atoms with van der Waals surface area (Å²) in [6, 6.07) is 9.63. The molecule has 1 aromatic rings. The number of benzene rings is 1. The van der Waals surface area contributed by atoms with E-state index >= 15 is 0 Å². The normalized spacial score (nSPS) is 11.9. The second kappa shape index (κ2) is 6.74. The Labute approximate surface area is 103 Å². The van der Waals surface area contributed by atoms with Crippen LogP contribution >= 0.6 is 0 Å². The molecular formula is C12H20N2O2S. The van der Waals surface area contributed by atoms with E-state index in [0.29, 0.717) is 26.1 Å². The molecule has 0 spiro atoms. The van der Waals surface area contributed by atoms with E-state index in [2.05, 4.69) is 0 Å². The summed E-state index contributed by atoms with van der Waals surface area (Å²) in [7, 11) is -3.18. The zero-order valence-corrected chi connectivity index (χ0v) is 11.0. The van der Waals surface area contributed by atoms with E-state index in [1.54, 1.807) is 0 Å². The van der Waals surface area contributed by atoms with Crippen LogP contribution in [0.4, 0.5) is 0 Å². The van der Waals surface area contributed by atoms with Gasteiger partial charge in [-0.05, 0) is 12.0 Å². The maximum atomic E-state index is 12.0. The summed E-state index contributed by atoms with van der Waals surface area (Å²) >= 11 is 0. The quantitative estimate of drug-likeness (QED) is 0.786. The van der Waals surface area contributed by atoms with Crippen molar-refractivity contribution in [1.82, 2.24) is 4.31 Å². The van der Waals surface area contributed by atoms with Crippen molar-refractivity contribution in [1.29, 1.82) is 0 Å². The summed E-state index contributed by atoms with van der Waals surface area (Å²) in [4.78, 5) is 0. The molecular weight excluding hydrogens is 236 g/mol. The molecule has 1 rings (SSSR count). The highest BCUT2D eigenvalue weighted by atomic mass is 32.2. The molecule has 0 aliphatic heterocycles. The lowest BCUT2D eigenvalue weighted by Crippen LogP contribution is -2.37. The van der Waals surface area contributed by atoms with Crippen molar-refractivity contribution in [2.24, 2.45) is 5.73 Å². The second-order valence-electron chi connectivity index (χ2n) is 3.83. The first-order chi connectivity index (χ1) is 8.10. The number of likely N-dealkylation sites (N-methyl/N-ethyl adjacent to an activating group) is 1. The molecule has 0 bridgehead atoms. The van der Waals surface area contributed by atoms with Crippen molar-refractivity contribution < 1.29 is 8.42 Å². The summed E-state index contributed by atoms with van der Waals surface area (Å²) in [6.07, 6.45) is 0.546. The molecule has 1 aromatic carbocycles. The zero-order valence-electron chi connectivity index (χ0n) is 10.2. The van der Waals surface area contributed by atoms with Gasteiger partial charge in [0.25, 0.3) is 0 Å². The maximum absolute atomic E-state index is 12.0. The minimum atomic E-state index is -3.18. The third-order valence-corrected chi connectivity index (χ3v) is 4.56.